The summed E-state index contributed by atoms with van der Waals surface area (Å²) in [5.41, 5.74) is 12.7. The number of benzene rings is 8. The van der Waals surface area contributed by atoms with Gasteiger partial charge in [-0.3, -0.25) is 4.98 Å². The van der Waals surface area contributed by atoms with E-state index in [0.717, 1.165) is 17.1 Å². The molecule has 9 aromatic rings. The molecule has 2 nitrogen and oxygen atoms in total. The second-order valence-electron chi connectivity index (χ2n) is 13.6. The molecule has 0 saturated carbocycles. The summed E-state index contributed by atoms with van der Waals surface area (Å²) in [6, 6.07) is 70.4. The molecule has 244 valence electrons. The maximum absolute atomic E-state index is 4.65. The molecule has 1 aliphatic rings. The molecule has 8 aromatic carbocycles. The summed E-state index contributed by atoms with van der Waals surface area (Å²) in [4.78, 5) is 6.95. The Hall–Kier alpha value is -6.77. The van der Waals surface area contributed by atoms with Gasteiger partial charge in [-0.05, 0) is 121 Å². The third-order valence-corrected chi connectivity index (χ3v) is 10.8. The maximum atomic E-state index is 4.65. The second-order valence-corrected chi connectivity index (χ2v) is 13.6. The number of anilines is 3. The van der Waals surface area contributed by atoms with Gasteiger partial charge >= 0.3 is 0 Å². The third-order valence-electron chi connectivity index (χ3n) is 10.8. The van der Waals surface area contributed by atoms with Crippen molar-refractivity contribution < 1.29 is 0 Å². The molecule has 0 aliphatic heterocycles. The minimum atomic E-state index is -0.484. The minimum absolute atomic E-state index is 0.484. The van der Waals surface area contributed by atoms with Crippen molar-refractivity contribution >= 4 is 38.6 Å². The van der Waals surface area contributed by atoms with Crippen molar-refractivity contribution in [3.05, 3.63) is 229 Å². The van der Waals surface area contributed by atoms with E-state index in [0.29, 0.717) is 0 Å². The van der Waals surface area contributed by atoms with Crippen molar-refractivity contribution in [3.8, 4) is 22.3 Å². The first-order chi connectivity index (χ1) is 25.8. The predicted molar refractivity (Wildman–Crippen MR) is 217 cm³/mol. The van der Waals surface area contributed by atoms with E-state index in [2.05, 4.69) is 210 Å². The van der Waals surface area contributed by atoms with Crippen molar-refractivity contribution in [2.75, 3.05) is 4.90 Å². The summed E-state index contributed by atoms with van der Waals surface area (Å²) in [6.45, 7) is 0. The van der Waals surface area contributed by atoms with Gasteiger partial charge in [-0.2, -0.15) is 0 Å². The molecule has 1 aromatic heterocycles. The molecule has 1 atom stereocenters. The Morgan fingerprint density at radius 1 is 0.365 bits per heavy atom. The molecule has 1 unspecified atom stereocenters. The fourth-order valence-electron chi connectivity index (χ4n) is 8.48. The van der Waals surface area contributed by atoms with E-state index >= 15 is 0 Å². The van der Waals surface area contributed by atoms with Crippen LogP contribution in [0.2, 0.25) is 0 Å². The number of hydrogen-bond acceptors (Lipinski definition) is 2. The fraction of sp³-hybridized carbons (Fsp3) is 0.0200. The molecule has 0 bridgehead atoms. The van der Waals surface area contributed by atoms with Gasteiger partial charge in [-0.1, -0.05) is 140 Å². The van der Waals surface area contributed by atoms with Crippen molar-refractivity contribution in [2.24, 2.45) is 0 Å². The summed E-state index contributed by atoms with van der Waals surface area (Å²) in [5.74, 6) is 0. The van der Waals surface area contributed by atoms with Crippen LogP contribution < -0.4 is 4.90 Å². The molecular formula is C50H34N2. The molecule has 0 saturated heterocycles. The number of para-hydroxylation sites is 2. The Balaban J connectivity index is 1.07. The lowest BCUT2D eigenvalue weighted by atomic mass is 9.67. The molecule has 10 rings (SSSR count). The van der Waals surface area contributed by atoms with Crippen LogP contribution >= 0.6 is 0 Å². The van der Waals surface area contributed by atoms with Crippen molar-refractivity contribution in [1.82, 2.24) is 4.98 Å². The average Bonchev–Trinajstić information content (AvgIpc) is 3.54. The Labute approximate surface area is 303 Å². The SMILES string of the molecule is c1ccc(N(c2ccccc2)c2ccc(-c3ccc(-c4cc5c6c(ccc7cccc(c76)C5(c5ccccc5)c5cccnc5)c4)cc3)cc2)cc1. The first-order valence-corrected chi connectivity index (χ1v) is 17.9. The summed E-state index contributed by atoms with van der Waals surface area (Å²) in [7, 11) is 0. The molecule has 1 heterocycles. The highest BCUT2D eigenvalue weighted by Crippen LogP contribution is 2.56. The predicted octanol–water partition coefficient (Wildman–Crippen LogP) is 12.9. The van der Waals surface area contributed by atoms with Crippen molar-refractivity contribution in [1.29, 1.82) is 0 Å². The summed E-state index contributed by atoms with van der Waals surface area (Å²) < 4.78 is 0. The Kier molecular flexibility index (Phi) is 7.07. The molecule has 0 radical (unpaired) electrons. The lowest BCUT2D eigenvalue weighted by Crippen LogP contribution is -2.29. The number of pyridine rings is 1. The van der Waals surface area contributed by atoms with E-state index in [9.17, 15) is 0 Å². The van der Waals surface area contributed by atoms with E-state index in [-0.39, 0.29) is 0 Å². The van der Waals surface area contributed by atoms with Gasteiger partial charge in [0.1, 0.15) is 0 Å². The third kappa shape index (κ3) is 4.69. The smallest absolute Gasteiger partial charge is 0.0729 e. The van der Waals surface area contributed by atoms with Crippen LogP contribution in [0.15, 0.2) is 207 Å². The van der Waals surface area contributed by atoms with Gasteiger partial charge < -0.3 is 4.90 Å². The molecule has 0 amide bonds. The van der Waals surface area contributed by atoms with E-state index in [1.165, 1.54) is 66.1 Å². The number of aromatic nitrogens is 1. The minimum Gasteiger partial charge on any atom is -0.311 e. The van der Waals surface area contributed by atoms with Gasteiger partial charge in [0.2, 0.25) is 0 Å². The van der Waals surface area contributed by atoms with Crippen LogP contribution in [-0.2, 0) is 5.41 Å². The quantitative estimate of drug-likeness (QED) is 0.158. The van der Waals surface area contributed by atoms with Crippen LogP contribution in [0.4, 0.5) is 17.1 Å². The van der Waals surface area contributed by atoms with Crippen LogP contribution in [0.25, 0.3) is 43.8 Å². The first kappa shape index (κ1) is 30.1. The number of hydrogen-bond donors (Lipinski definition) is 0. The van der Waals surface area contributed by atoms with Crippen LogP contribution in [0.5, 0.6) is 0 Å². The zero-order valence-corrected chi connectivity index (χ0v) is 28.5. The molecule has 1 aliphatic carbocycles. The average molecular weight is 663 g/mol. The molecule has 0 N–H and O–H groups in total. The van der Waals surface area contributed by atoms with Crippen molar-refractivity contribution in [2.45, 2.75) is 5.41 Å². The van der Waals surface area contributed by atoms with Crippen molar-refractivity contribution in [3.63, 3.8) is 0 Å². The molecule has 0 fully saturated rings. The fourth-order valence-corrected chi connectivity index (χ4v) is 8.48. The second kappa shape index (κ2) is 12.2. The molecule has 0 spiro atoms. The largest absolute Gasteiger partial charge is 0.311 e. The van der Waals surface area contributed by atoms with Crippen LogP contribution in [0.3, 0.4) is 0 Å². The Morgan fingerprint density at radius 2 is 0.904 bits per heavy atom. The van der Waals surface area contributed by atoms with Crippen LogP contribution in [0.1, 0.15) is 22.3 Å². The van der Waals surface area contributed by atoms with Gasteiger partial charge in [0.15, 0.2) is 0 Å². The van der Waals surface area contributed by atoms with E-state index in [4.69, 9.17) is 0 Å². The van der Waals surface area contributed by atoms with Crippen LogP contribution in [-0.4, -0.2) is 4.98 Å². The first-order valence-electron chi connectivity index (χ1n) is 17.9. The number of nitrogens with zero attached hydrogens (tertiary/aromatic N) is 2. The van der Waals surface area contributed by atoms with Gasteiger partial charge in [-0.15, -0.1) is 0 Å². The van der Waals surface area contributed by atoms with E-state index in [1.807, 2.05) is 6.20 Å². The lowest BCUT2D eigenvalue weighted by molar-refractivity contribution is 0.766. The Bertz CT molecular complexity index is 2610. The van der Waals surface area contributed by atoms with Gasteiger partial charge in [-0.25, -0.2) is 0 Å². The zero-order valence-electron chi connectivity index (χ0n) is 28.5. The summed E-state index contributed by atoms with van der Waals surface area (Å²) in [5, 5.41) is 5.20. The van der Waals surface area contributed by atoms with E-state index < -0.39 is 5.41 Å². The van der Waals surface area contributed by atoms with Gasteiger partial charge in [0.05, 0.1) is 5.41 Å². The zero-order chi connectivity index (χ0) is 34.5. The summed E-state index contributed by atoms with van der Waals surface area (Å²) >= 11 is 0. The highest BCUT2D eigenvalue weighted by Gasteiger charge is 2.45. The van der Waals surface area contributed by atoms with Crippen LogP contribution in [0, 0.1) is 0 Å². The molecule has 52 heavy (non-hydrogen) atoms. The Morgan fingerprint density at radius 3 is 1.54 bits per heavy atom. The maximum Gasteiger partial charge on any atom is 0.0729 e. The number of rotatable bonds is 7. The summed E-state index contributed by atoms with van der Waals surface area (Å²) in [6.07, 6.45) is 3.92. The molecule has 2 heteroatoms. The standard InChI is InChI=1S/C50H34N2/c1-4-13-41(14-5-1)50(42-15-11-31-51-34-42)46-20-10-12-38-25-26-39-32-40(33-47(50)49(39)48(38)46)37-23-21-35(22-24-37)36-27-29-45(30-28-36)52(43-16-6-2-7-17-43)44-18-8-3-9-19-44/h1-34H. The monoisotopic (exact) mass is 662 g/mol. The highest BCUT2D eigenvalue weighted by atomic mass is 15.1. The topological polar surface area (TPSA) is 16.1 Å². The lowest BCUT2D eigenvalue weighted by Gasteiger charge is -2.34. The molecular weight excluding hydrogens is 629 g/mol. The van der Waals surface area contributed by atoms with Gasteiger partial charge in [0.25, 0.3) is 0 Å². The highest BCUT2D eigenvalue weighted by molar-refractivity contribution is 6.17. The van der Waals surface area contributed by atoms with Gasteiger partial charge in [0, 0.05) is 29.5 Å². The normalized spacial score (nSPS) is 14.6. The van der Waals surface area contributed by atoms with E-state index in [1.54, 1.807) is 0 Å².